The van der Waals surface area contributed by atoms with Gasteiger partial charge in [-0.15, -0.1) is 0 Å². The van der Waals surface area contributed by atoms with Crippen LogP contribution in [0.5, 0.6) is 11.5 Å². The van der Waals surface area contributed by atoms with Crippen LogP contribution in [0.2, 0.25) is 0 Å². The number of methoxy groups -OCH3 is 2. The summed E-state index contributed by atoms with van der Waals surface area (Å²) in [6.07, 6.45) is 2.93. The van der Waals surface area contributed by atoms with E-state index in [2.05, 4.69) is 4.98 Å². The van der Waals surface area contributed by atoms with Gasteiger partial charge < -0.3 is 19.2 Å². The number of benzene rings is 1. The van der Waals surface area contributed by atoms with Gasteiger partial charge in [0.1, 0.15) is 23.8 Å². The standard InChI is InChI=1S/C21H25NO5S/c1-12-19-16(22-20(12)21(24)27-7-8-28-4)9-13(10-17(19)23)15-11-14(25-2)5-6-18(15)26-3/h5-6,11,13,22H,7-10H2,1-4H3/t13-/m0/s1. The van der Waals surface area contributed by atoms with Gasteiger partial charge >= 0.3 is 5.97 Å². The number of hydrogen-bond acceptors (Lipinski definition) is 6. The quantitative estimate of drug-likeness (QED) is 0.560. The molecule has 0 fully saturated rings. The SMILES string of the molecule is COc1ccc(OC)c([C@@H]2CC(=O)c3c([nH]c(C(=O)OCCSC)c3C)C2)c1. The minimum Gasteiger partial charge on any atom is -0.497 e. The molecule has 0 saturated heterocycles. The number of carbonyl (C=O) groups is 2. The zero-order valence-electron chi connectivity index (χ0n) is 16.6. The van der Waals surface area contributed by atoms with Crippen LogP contribution in [0, 0.1) is 6.92 Å². The lowest BCUT2D eigenvalue weighted by molar-refractivity contribution is 0.0523. The van der Waals surface area contributed by atoms with E-state index in [1.165, 1.54) is 0 Å². The summed E-state index contributed by atoms with van der Waals surface area (Å²) < 4.78 is 16.1. The van der Waals surface area contributed by atoms with E-state index in [0.29, 0.717) is 36.3 Å². The highest BCUT2D eigenvalue weighted by Crippen LogP contribution is 2.40. The van der Waals surface area contributed by atoms with Crippen LogP contribution >= 0.6 is 11.8 Å². The third-order valence-corrected chi connectivity index (χ3v) is 5.67. The first-order valence-corrected chi connectivity index (χ1v) is 10.5. The molecule has 0 radical (unpaired) electrons. The molecule has 1 aliphatic carbocycles. The van der Waals surface area contributed by atoms with Crippen LogP contribution in [-0.2, 0) is 11.2 Å². The number of H-pyrrole nitrogens is 1. The van der Waals surface area contributed by atoms with E-state index in [1.54, 1.807) is 32.9 Å². The number of rotatable bonds is 7. The van der Waals surface area contributed by atoms with E-state index in [9.17, 15) is 9.59 Å². The highest BCUT2D eigenvalue weighted by molar-refractivity contribution is 7.98. The van der Waals surface area contributed by atoms with Crippen molar-refractivity contribution in [2.24, 2.45) is 0 Å². The van der Waals surface area contributed by atoms with Gasteiger partial charge in [0.05, 0.1) is 14.2 Å². The second-order valence-corrected chi connectivity index (χ2v) is 7.73. The van der Waals surface area contributed by atoms with Crippen molar-refractivity contribution >= 4 is 23.5 Å². The first-order valence-electron chi connectivity index (χ1n) is 9.12. The third-order valence-electron chi connectivity index (χ3n) is 5.09. The van der Waals surface area contributed by atoms with Gasteiger partial charge in [0.2, 0.25) is 0 Å². The molecule has 0 amide bonds. The fraction of sp³-hybridized carbons (Fsp3) is 0.429. The number of ether oxygens (including phenoxy) is 3. The van der Waals surface area contributed by atoms with E-state index < -0.39 is 5.97 Å². The van der Waals surface area contributed by atoms with Crippen LogP contribution in [0.15, 0.2) is 18.2 Å². The molecule has 0 aliphatic heterocycles. The maximum Gasteiger partial charge on any atom is 0.355 e. The largest absolute Gasteiger partial charge is 0.497 e. The molecule has 1 aliphatic rings. The first kappa shape index (κ1) is 20.3. The Morgan fingerprint density at radius 3 is 2.71 bits per heavy atom. The molecule has 0 saturated carbocycles. The molecule has 6 nitrogen and oxygen atoms in total. The Labute approximate surface area is 168 Å². The lowest BCUT2D eigenvalue weighted by Gasteiger charge is -2.24. The summed E-state index contributed by atoms with van der Waals surface area (Å²) >= 11 is 1.61. The van der Waals surface area contributed by atoms with Crippen molar-refractivity contribution in [3.63, 3.8) is 0 Å². The molecule has 7 heteroatoms. The maximum absolute atomic E-state index is 12.9. The summed E-state index contributed by atoms with van der Waals surface area (Å²) in [5, 5.41) is 0. The average Bonchev–Trinajstić information content (AvgIpc) is 3.04. The number of Topliss-reactive ketones (excluding diaryl/α,β-unsaturated/α-hetero) is 1. The topological polar surface area (TPSA) is 77.6 Å². The van der Waals surface area contributed by atoms with Gasteiger partial charge in [-0.1, -0.05) is 0 Å². The van der Waals surface area contributed by atoms with Gasteiger partial charge in [0.15, 0.2) is 5.78 Å². The summed E-state index contributed by atoms with van der Waals surface area (Å²) in [5.74, 6) is 1.74. The summed E-state index contributed by atoms with van der Waals surface area (Å²) in [5.41, 5.74) is 3.37. The van der Waals surface area contributed by atoms with Gasteiger partial charge in [0, 0.05) is 34.9 Å². The Morgan fingerprint density at radius 1 is 1.25 bits per heavy atom. The number of nitrogens with one attached hydrogen (secondary N) is 1. The monoisotopic (exact) mass is 403 g/mol. The highest BCUT2D eigenvalue weighted by atomic mass is 32.2. The van der Waals surface area contributed by atoms with Gasteiger partial charge in [-0.05, 0) is 43.4 Å². The van der Waals surface area contributed by atoms with E-state index in [0.717, 1.165) is 28.5 Å². The summed E-state index contributed by atoms with van der Waals surface area (Å²) in [6.45, 7) is 2.14. The lowest BCUT2D eigenvalue weighted by atomic mass is 9.81. The summed E-state index contributed by atoms with van der Waals surface area (Å²) in [6, 6.07) is 5.59. The molecule has 1 heterocycles. The first-order chi connectivity index (χ1) is 13.5. The van der Waals surface area contributed by atoms with Gasteiger partial charge in [-0.2, -0.15) is 11.8 Å². The van der Waals surface area contributed by atoms with Crippen molar-refractivity contribution in [1.82, 2.24) is 4.98 Å². The molecule has 28 heavy (non-hydrogen) atoms. The number of ketones is 1. The van der Waals surface area contributed by atoms with Crippen LogP contribution in [0.1, 0.15) is 50.0 Å². The fourth-order valence-electron chi connectivity index (χ4n) is 3.71. The van der Waals surface area contributed by atoms with Crippen molar-refractivity contribution in [2.75, 3.05) is 32.8 Å². The Bertz CT molecular complexity index is 889. The van der Waals surface area contributed by atoms with Crippen molar-refractivity contribution in [1.29, 1.82) is 0 Å². The number of hydrogen-bond donors (Lipinski definition) is 1. The fourth-order valence-corrected chi connectivity index (χ4v) is 3.96. The van der Waals surface area contributed by atoms with Crippen molar-refractivity contribution in [2.45, 2.75) is 25.7 Å². The van der Waals surface area contributed by atoms with E-state index in [4.69, 9.17) is 14.2 Å². The minimum absolute atomic E-state index is 0.0213. The molecular weight excluding hydrogens is 378 g/mol. The Kier molecular flexibility index (Phi) is 6.34. The molecule has 1 N–H and O–H groups in total. The number of carbonyl (C=O) groups excluding carboxylic acids is 2. The van der Waals surface area contributed by atoms with Gasteiger partial charge in [0.25, 0.3) is 0 Å². The van der Waals surface area contributed by atoms with Crippen molar-refractivity contribution in [3.8, 4) is 11.5 Å². The molecule has 1 aromatic heterocycles. The van der Waals surface area contributed by atoms with Crippen LogP contribution in [0.3, 0.4) is 0 Å². The molecular formula is C21H25NO5S. The minimum atomic E-state index is -0.413. The van der Waals surface area contributed by atoms with E-state index in [-0.39, 0.29) is 11.7 Å². The van der Waals surface area contributed by atoms with Gasteiger partial charge in [-0.3, -0.25) is 4.79 Å². The number of thioether (sulfide) groups is 1. The van der Waals surface area contributed by atoms with Crippen LogP contribution in [0.25, 0.3) is 0 Å². The van der Waals surface area contributed by atoms with E-state index >= 15 is 0 Å². The summed E-state index contributed by atoms with van der Waals surface area (Å²) in [4.78, 5) is 28.4. The average molecular weight is 404 g/mol. The zero-order valence-corrected chi connectivity index (χ0v) is 17.4. The Balaban J connectivity index is 1.90. The van der Waals surface area contributed by atoms with Crippen LogP contribution in [-0.4, -0.2) is 49.6 Å². The molecule has 0 spiro atoms. The number of esters is 1. The number of aromatic amines is 1. The molecule has 1 atom stereocenters. The molecule has 150 valence electrons. The van der Waals surface area contributed by atoms with E-state index in [1.807, 2.05) is 24.5 Å². The van der Waals surface area contributed by atoms with Crippen LogP contribution in [0.4, 0.5) is 0 Å². The van der Waals surface area contributed by atoms with Crippen LogP contribution < -0.4 is 9.47 Å². The van der Waals surface area contributed by atoms with Crippen molar-refractivity contribution in [3.05, 3.63) is 46.3 Å². The lowest BCUT2D eigenvalue weighted by Crippen LogP contribution is -2.19. The van der Waals surface area contributed by atoms with Crippen molar-refractivity contribution < 1.29 is 23.8 Å². The molecule has 1 aromatic carbocycles. The number of aromatic nitrogens is 1. The Morgan fingerprint density at radius 2 is 2.04 bits per heavy atom. The second kappa shape index (κ2) is 8.73. The molecule has 3 rings (SSSR count). The zero-order chi connectivity index (χ0) is 20.3. The third kappa shape index (κ3) is 3.90. The maximum atomic E-state index is 12.9. The molecule has 2 aromatic rings. The molecule has 0 bridgehead atoms. The molecule has 0 unspecified atom stereocenters. The smallest absolute Gasteiger partial charge is 0.355 e. The predicted molar refractivity (Wildman–Crippen MR) is 109 cm³/mol. The Hall–Kier alpha value is -2.41. The normalized spacial score (nSPS) is 15.9. The highest BCUT2D eigenvalue weighted by Gasteiger charge is 2.33. The second-order valence-electron chi connectivity index (χ2n) is 6.74. The predicted octanol–water partition coefficient (Wildman–Crippen LogP) is 3.77. The number of fused-ring (bicyclic) bond motifs is 1. The summed E-state index contributed by atoms with van der Waals surface area (Å²) in [7, 11) is 3.22. The van der Waals surface area contributed by atoms with Gasteiger partial charge in [-0.25, -0.2) is 4.79 Å².